The summed E-state index contributed by atoms with van der Waals surface area (Å²) in [4.78, 5) is 13.0. The molecule has 146 valence electrons. The first kappa shape index (κ1) is 17.6. The number of rotatable bonds is 5. The number of carbonyl (C=O) groups excluding carboxylic acids is 1. The average Bonchev–Trinajstić information content (AvgIpc) is 3.45. The molecule has 29 heavy (non-hydrogen) atoms. The number of carbonyl (C=O) groups is 1. The van der Waals surface area contributed by atoms with Gasteiger partial charge in [-0.3, -0.25) is 4.79 Å². The van der Waals surface area contributed by atoms with E-state index < -0.39 is 0 Å². The predicted octanol–water partition coefficient (Wildman–Crippen LogP) is 4.76. The van der Waals surface area contributed by atoms with Gasteiger partial charge in [0.2, 0.25) is 0 Å². The van der Waals surface area contributed by atoms with E-state index in [0.717, 1.165) is 47.4 Å². The molecule has 5 rings (SSSR count). The molecule has 1 N–H and O–H groups in total. The quantitative estimate of drug-likeness (QED) is 0.536. The second-order valence-corrected chi connectivity index (χ2v) is 7.05. The van der Waals surface area contributed by atoms with Crippen LogP contribution in [0.2, 0.25) is 0 Å². The maximum Gasteiger partial charge on any atom is 0.292 e. The lowest BCUT2D eigenvalue weighted by Gasteiger charge is -2.10. The summed E-state index contributed by atoms with van der Waals surface area (Å²) in [5.41, 5.74) is 3.66. The molecule has 4 aromatic rings. The number of aromatic nitrogens is 2. The Balaban J connectivity index is 1.52. The number of ether oxygens (including phenoxy) is 1. The van der Waals surface area contributed by atoms with E-state index in [1.54, 1.807) is 6.07 Å². The van der Waals surface area contributed by atoms with E-state index in [9.17, 15) is 4.79 Å². The smallest absolute Gasteiger partial charge is 0.292 e. The molecular formula is C23H21N3O3. The van der Waals surface area contributed by atoms with Gasteiger partial charge in [-0.15, -0.1) is 0 Å². The maximum absolute atomic E-state index is 13.0. The zero-order valence-electron chi connectivity index (χ0n) is 16.1. The highest BCUT2D eigenvalue weighted by Crippen LogP contribution is 2.33. The van der Waals surface area contributed by atoms with Gasteiger partial charge < -0.3 is 14.5 Å². The topological polar surface area (TPSA) is 69.3 Å². The van der Waals surface area contributed by atoms with Crippen LogP contribution < -0.4 is 10.1 Å². The number of fused-ring (bicyclic) bond motifs is 2. The Kier molecular flexibility index (Phi) is 4.31. The van der Waals surface area contributed by atoms with Crippen molar-refractivity contribution >= 4 is 22.7 Å². The molecule has 6 nitrogen and oxygen atoms in total. The molecule has 0 bridgehead atoms. The molecule has 0 unspecified atom stereocenters. The van der Waals surface area contributed by atoms with Crippen molar-refractivity contribution < 1.29 is 13.9 Å². The van der Waals surface area contributed by atoms with E-state index in [0.29, 0.717) is 17.9 Å². The van der Waals surface area contributed by atoms with Crippen LogP contribution in [0, 0.1) is 0 Å². The fourth-order valence-electron chi connectivity index (χ4n) is 3.86. The second-order valence-electron chi connectivity index (χ2n) is 7.05. The first-order valence-electron chi connectivity index (χ1n) is 9.87. The van der Waals surface area contributed by atoms with Crippen LogP contribution in [0.1, 0.15) is 35.2 Å². The Morgan fingerprint density at radius 2 is 2.03 bits per heavy atom. The summed E-state index contributed by atoms with van der Waals surface area (Å²) in [6, 6.07) is 17.2. The van der Waals surface area contributed by atoms with Crippen LogP contribution in [0.5, 0.6) is 5.75 Å². The van der Waals surface area contributed by atoms with Crippen molar-refractivity contribution in [3.63, 3.8) is 0 Å². The molecule has 0 spiro atoms. The van der Waals surface area contributed by atoms with Gasteiger partial charge in [-0.2, -0.15) is 5.10 Å². The van der Waals surface area contributed by atoms with Gasteiger partial charge in [0.15, 0.2) is 17.1 Å². The average molecular weight is 387 g/mol. The number of nitrogens with one attached hydrogen (secondary N) is 1. The third-order valence-electron chi connectivity index (χ3n) is 5.17. The highest BCUT2D eigenvalue weighted by molar-refractivity contribution is 6.05. The number of furan rings is 1. The van der Waals surface area contributed by atoms with E-state index in [2.05, 4.69) is 5.32 Å². The molecule has 2 aromatic heterocycles. The molecule has 1 aliphatic rings. The summed E-state index contributed by atoms with van der Waals surface area (Å²) in [5.74, 6) is 1.31. The number of hydrogen-bond acceptors (Lipinski definition) is 4. The van der Waals surface area contributed by atoms with Crippen LogP contribution in [0.25, 0.3) is 16.7 Å². The standard InChI is InChI=1S/C23H21N3O3/c1-2-28-19-13-6-8-15-14-20(29-21(15)19)23(27)24-22-17-11-7-12-18(17)25-26(22)16-9-4-3-5-10-16/h3-6,8-10,13-14H,2,7,11-12H2,1H3,(H,24,27). The van der Waals surface area contributed by atoms with Crippen LogP contribution in [0.15, 0.2) is 59.0 Å². The third kappa shape index (κ3) is 3.06. The first-order valence-corrected chi connectivity index (χ1v) is 9.87. The number of hydrogen-bond donors (Lipinski definition) is 1. The molecule has 0 radical (unpaired) electrons. The number of para-hydroxylation sites is 2. The monoisotopic (exact) mass is 387 g/mol. The van der Waals surface area contributed by atoms with E-state index in [-0.39, 0.29) is 11.7 Å². The van der Waals surface area contributed by atoms with Crippen LogP contribution in [0.4, 0.5) is 5.82 Å². The minimum Gasteiger partial charge on any atom is -0.490 e. The van der Waals surface area contributed by atoms with E-state index in [4.69, 9.17) is 14.3 Å². The Morgan fingerprint density at radius 3 is 2.86 bits per heavy atom. The molecule has 6 heteroatoms. The largest absolute Gasteiger partial charge is 0.490 e. The fraction of sp³-hybridized carbons (Fsp3) is 0.217. The molecule has 0 aliphatic heterocycles. The number of anilines is 1. The Labute approximate surface area is 168 Å². The fourth-order valence-corrected chi connectivity index (χ4v) is 3.86. The number of aryl methyl sites for hydroxylation is 1. The lowest BCUT2D eigenvalue weighted by molar-refractivity contribution is 0.0997. The van der Waals surface area contributed by atoms with E-state index in [1.165, 1.54) is 0 Å². The lowest BCUT2D eigenvalue weighted by atomic mass is 10.2. The van der Waals surface area contributed by atoms with Gasteiger partial charge in [0.25, 0.3) is 5.91 Å². The van der Waals surface area contributed by atoms with Gasteiger partial charge in [0.1, 0.15) is 5.82 Å². The molecule has 0 saturated heterocycles. The van der Waals surface area contributed by atoms with Crippen molar-refractivity contribution in [2.24, 2.45) is 0 Å². The third-order valence-corrected chi connectivity index (χ3v) is 5.17. The molecular weight excluding hydrogens is 366 g/mol. The highest BCUT2D eigenvalue weighted by atomic mass is 16.5. The van der Waals surface area contributed by atoms with Gasteiger partial charge in [0.05, 0.1) is 18.0 Å². The zero-order valence-corrected chi connectivity index (χ0v) is 16.1. The lowest BCUT2D eigenvalue weighted by Crippen LogP contribution is -2.15. The molecule has 0 fully saturated rings. The van der Waals surface area contributed by atoms with Crippen LogP contribution in [-0.4, -0.2) is 22.3 Å². The molecule has 1 amide bonds. The van der Waals surface area contributed by atoms with Crippen LogP contribution >= 0.6 is 0 Å². The summed E-state index contributed by atoms with van der Waals surface area (Å²) in [7, 11) is 0. The normalized spacial score (nSPS) is 12.9. The SMILES string of the molecule is CCOc1cccc2cc(C(=O)Nc3c4c(nn3-c3ccccc3)CCC4)oc12. The number of amides is 1. The van der Waals surface area contributed by atoms with Crippen molar-refractivity contribution in [1.82, 2.24) is 9.78 Å². The number of nitrogens with zero attached hydrogens (tertiary/aromatic N) is 2. The molecule has 2 heterocycles. The van der Waals surface area contributed by atoms with Crippen molar-refractivity contribution in [2.45, 2.75) is 26.2 Å². The van der Waals surface area contributed by atoms with Gasteiger partial charge >= 0.3 is 0 Å². The van der Waals surface area contributed by atoms with E-state index >= 15 is 0 Å². The van der Waals surface area contributed by atoms with Crippen LogP contribution in [0.3, 0.4) is 0 Å². The maximum atomic E-state index is 13.0. The van der Waals surface area contributed by atoms with Crippen LogP contribution in [-0.2, 0) is 12.8 Å². The van der Waals surface area contributed by atoms with Crippen molar-refractivity contribution in [1.29, 1.82) is 0 Å². The minimum absolute atomic E-state index is 0.250. The Morgan fingerprint density at radius 1 is 1.17 bits per heavy atom. The van der Waals surface area contributed by atoms with Gasteiger partial charge in [-0.05, 0) is 50.5 Å². The minimum atomic E-state index is -0.296. The first-order chi connectivity index (χ1) is 14.2. The summed E-state index contributed by atoms with van der Waals surface area (Å²) in [6.07, 6.45) is 2.89. The molecule has 0 atom stereocenters. The number of benzene rings is 2. The van der Waals surface area contributed by atoms with Gasteiger partial charge in [-0.1, -0.05) is 30.3 Å². The molecule has 1 aliphatic carbocycles. The van der Waals surface area contributed by atoms with Crippen molar-refractivity contribution in [3.05, 3.63) is 71.6 Å². The second kappa shape index (κ2) is 7.13. The summed E-state index contributed by atoms with van der Waals surface area (Å²) < 4.78 is 13.3. The van der Waals surface area contributed by atoms with Crippen molar-refractivity contribution in [2.75, 3.05) is 11.9 Å². The zero-order chi connectivity index (χ0) is 19.8. The summed E-state index contributed by atoms with van der Waals surface area (Å²) in [6.45, 7) is 2.45. The summed E-state index contributed by atoms with van der Waals surface area (Å²) in [5, 5.41) is 8.62. The summed E-state index contributed by atoms with van der Waals surface area (Å²) >= 11 is 0. The molecule has 0 saturated carbocycles. The van der Waals surface area contributed by atoms with Gasteiger partial charge in [0, 0.05) is 10.9 Å². The predicted molar refractivity (Wildman–Crippen MR) is 111 cm³/mol. The van der Waals surface area contributed by atoms with E-state index in [1.807, 2.05) is 60.1 Å². The van der Waals surface area contributed by atoms with Crippen molar-refractivity contribution in [3.8, 4) is 11.4 Å². The Hall–Kier alpha value is -3.54. The Bertz CT molecular complexity index is 1190. The molecule has 2 aromatic carbocycles. The van der Waals surface area contributed by atoms with Gasteiger partial charge in [-0.25, -0.2) is 4.68 Å². The highest BCUT2D eigenvalue weighted by Gasteiger charge is 2.25.